The highest BCUT2D eigenvalue weighted by Gasteiger charge is 2.28. The van der Waals surface area contributed by atoms with Gasteiger partial charge >= 0.3 is 0 Å². The first-order chi connectivity index (χ1) is 8.70. The average molecular weight is 250 g/mol. The summed E-state index contributed by atoms with van der Waals surface area (Å²) >= 11 is 0. The molecule has 3 heteroatoms. The molecular weight excluding hydrogens is 222 g/mol. The van der Waals surface area contributed by atoms with E-state index in [0.717, 1.165) is 0 Å². The van der Waals surface area contributed by atoms with Crippen molar-refractivity contribution in [3.05, 3.63) is 36.8 Å². The van der Waals surface area contributed by atoms with Gasteiger partial charge in [0.15, 0.2) is 6.17 Å². The Morgan fingerprint density at radius 1 is 1.06 bits per heavy atom. The van der Waals surface area contributed by atoms with Crippen molar-refractivity contribution in [3.63, 3.8) is 0 Å². The zero-order chi connectivity index (χ0) is 14.1. The molecule has 0 unspecified atom stereocenters. The van der Waals surface area contributed by atoms with E-state index >= 15 is 0 Å². The summed E-state index contributed by atoms with van der Waals surface area (Å²) in [4.78, 5) is 4.44. The van der Waals surface area contributed by atoms with Gasteiger partial charge in [-0.2, -0.15) is 0 Å². The second-order valence-corrected chi connectivity index (χ2v) is 3.67. The first kappa shape index (κ1) is 16.5. The molecule has 1 atom stereocenters. The predicted molar refractivity (Wildman–Crippen MR) is 79.2 cm³/mol. The molecule has 3 nitrogen and oxygen atoms in total. The molecule has 0 fully saturated rings. The fraction of sp³-hybridized carbons (Fsp3) is 0.533. The third kappa shape index (κ3) is 3.76. The van der Waals surface area contributed by atoms with Gasteiger partial charge < -0.3 is 4.90 Å². The molecule has 18 heavy (non-hydrogen) atoms. The Kier molecular flexibility index (Phi) is 7.84. The standard InChI is InChI=1S/C11H16N3.2C2H6/c1-10-12(2)8-9-14(10)11-6-4-5-7-13(11)3;2*1-2/h4-10H,1-3H3;2*1-2H3/q+1;;/t10-;;/m1../s1. The van der Waals surface area contributed by atoms with Crippen molar-refractivity contribution >= 4 is 5.82 Å². The molecule has 0 spiro atoms. The lowest BCUT2D eigenvalue weighted by atomic mass is 10.4. The van der Waals surface area contributed by atoms with Crippen LogP contribution in [0.4, 0.5) is 5.82 Å². The van der Waals surface area contributed by atoms with Crippen LogP contribution in [0.2, 0.25) is 0 Å². The van der Waals surface area contributed by atoms with Crippen LogP contribution in [-0.2, 0) is 7.05 Å². The summed E-state index contributed by atoms with van der Waals surface area (Å²) < 4.78 is 2.12. The maximum Gasteiger partial charge on any atom is 0.282 e. The van der Waals surface area contributed by atoms with Crippen molar-refractivity contribution in [1.29, 1.82) is 0 Å². The van der Waals surface area contributed by atoms with Gasteiger partial charge in [-0.3, -0.25) is 0 Å². The van der Waals surface area contributed by atoms with Gasteiger partial charge in [0.25, 0.3) is 5.82 Å². The van der Waals surface area contributed by atoms with Gasteiger partial charge in [-0.1, -0.05) is 33.8 Å². The maximum atomic E-state index is 2.25. The fourth-order valence-corrected chi connectivity index (χ4v) is 1.67. The molecule has 1 aromatic heterocycles. The third-order valence-electron chi connectivity index (χ3n) is 2.75. The summed E-state index contributed by atoms with van der Waals surface area (Å²) in [5.74, 6) is 1.21. The van der Waals surface area contributed by atoms with Crippen LogP contribution < -0.4 is 9.47 Å². The van der Waals surface area contributed by atoms with Gasteiger partial charge in [0, 0.05) is 19.3 Å². The molecule has 0 radical (unpaired) electrons. The van der Waals surface area contributed by atoms with Crippen LogP contribution in [-0.4, -0.2) is 18.1 Å². The second kappa shape index (κ2) is 8.56. The maximum absolute atomic E-state index is 2.25. The van der Waals surface area contributed by atoms with Crippen LogP contribution in [0.15, 0.2) is 36.8 Å². The summed E-state index contributed by atoms with van der Waals surface area (Å²) in [6, 6.07) is 6.23. The monoisotopic (exact) mass is 250 g/mol. The van der Waals surface area contributed by atoms with E-state index in [4.69, 9.17) is 0 Å². The quantitative estimate of drug-likeness (QED) is 0.709. The van der Waals surface area contributed by atoms with Crippen LogP contribution in [0.1, 0.15) is 34.6 Å². The van der Waals surface area contributed by atoms with E-state index in [0.29, 0.717) is 6.17 Å². The average Bonchev–Trinajstić information content (AvgIpc) is 2.76. The van der Waals surface area contributed by atoms with Gasteiger partial charge in [0.05, 0.1) is 13.2 Å². The molecule has 0 saturated heterocycles. The van der Waals surface area contributed by atoms with E-state index in [1.54, 1.807) is 0 Å². The van der Waals surface area contributed by atoms with Crippen molar-refractivity contribution < 1.29 is 4.57 Å². The zero-order valence-electron chi connectivity index (χ0n) is 12.9. The Morgan fingerprint density at radius 2 is 1.67 bits per heavy atom. The number of aromatic nitrogens is 1. The summed E-state index contributed by atoms with van der Waals surface area (Å²) in [5.41, 5.74) is 0. The van der Waals surface area contributed by atoms with Crippen LogP contribution in [0.25, 0.3) is 0 Å². The highest BCUT2D eigenvalue weighted by atomic mass is 15.4. The molecule has 0 N–H and O–H groups in total. The van der Waals surface area contributed by atoms with Crippen LogP contribution in [0.5, 0.6) is 0 Å². The molecule has 2 heterocycles. The largest absolute Gasteiger partial charge is 0.339 e. The molecule has 1 aliphatic heterocycles. The van der Waals surface area contributed by atoms with Crippen molar-refractivity contribution in [3.8, 4) is 0 Å². The van der Waals surface area contributed by atoms with Gasteiger partial charge in [0.1, 0.15) is 6.20 Å². The van der Waals surface area contributed by atoms with Crippen LogP contribution >= 0.6 is 0 Å². The molecule has 0 bridgehead atoms. The number of nitrogens with zero attached hydrogens (tertiary/aromatic N) is 3. The van der Waals surface area contributed by atoms with E-state index < -0.39 is 0 Å². The lowest BCUT2D eigenvalue weighted by Crippen LogP contribution is -2.42. The SMILES string of the molecule is CC.CC.C[C@@H]1N(C)C=CN1c1cccc[n+]1C. The highest BCUT2D eigenvalue weighted by molar-refractivity contribution is 5.40. The van der Waals surface area contributed by atoms with Gasteiger partial charge in [-0.15, -0.1) is 0 Å². The van der Waals surface area contributed by atoms with E-state index in [1.807, 2.05) is 33.8 Å². The van der Waals surface area contributed by atoms with Crippen molar-refractivity contribution in [2.24, 2.45) is 7.05 Å². The summed E-state index contributed by atoms with van der Waals surface area (Å²) in [6.07, 6.45) is 6.66. The summed E-state index contributed by atoms with van der Waals surface area (Å²) in [7, 11) is 4.15. The molecule has 0 aromatic carbocycles. The van der Waals surface area contributed by atoms with E-state index in [9.17, 15) is 0 Å². The first-order valence-electron chi connectivity index (χ1n) is 6.83. The number of anilines is 1. The summed E-state index contributed by atoms with van der Waals surface area (Å²) in [6.45, 7) is 10.2. The van der Waals surface area contributed by atoms with E-state index in [-0.39, 0.29) is 0 Å². The smallest absolute Gasteiger partial charge is 0.282 e. The Hall–Kier alpha value is -1.51. The van der Waals surface area contributed by atoms with Gasteiger partial charge in [-0.05, 0) is 13.0 Å². The molecule has 102 valence electrons. The fourth-order valence-electron chi connectivity index (χ4n) is 1.67. The molecule has 0 aliphatic carbocycles. The summed E-state index contributed by atoms with van der Waals surface area (Å²) in [5, 5.41) is 0. The minimum Gasteiger partial charge on any atom is -0.339 e. The molecule has 1 aromatic rings. The number of rotatable bonds is 1. The molecule has 1 aliphatic rings. The highest BCUT2D eigenvalue weighted by Crippen LogP contribution is 2.19. The Balaban J connectivity index is 0.000000659. The first-order valence-corrected chi connectivity index (χ1v) is 6.83. The second-order valence-electron chi connectivity index (χ2n) is 3.67. The molecule has 0 saturated carbocycles. The lowest BCUT2D eigenvalue weighted by Gasteiger charge is -2.20. The van der Waals surface area contributed by atoms with E-state index in [2.05, 4.69) is 66.1 Å². The number of aryl methyl sites for hydroxylation is 1. The third-order valence-corrected chi connectivity index (χ3v) is 2.75. The zero-order valence-corrected chi connectivity index (χ0v) is 12.9. The molecule has 2 rings (SSSR count). The van der Waals surface area contributed by atoms with Gasteiger partial charge in [-0.25, -0.2) is 9.47 Å². The van der Waals surface area contributed by atoms with Crippen LogP contribution in [0.3, 0.4) is 0 Å². The lowest BCUT2D eigenvalue weighted by molar-refractivity contribution is -0.658. The Morgan fingerprint density at radius 3 is 2.11 bits per heavy atom. The molecule has 0 amide bonds. The number of pyridine rings is 1. The van der Waals surface area contributed by atoms with Crippen molar-refractivity contribution in [2.75, 3.05) is 11.9 Å². The Labute approximate surface area is 112 Å². The topological polar surface area (TPSA) is 10.4 Å². The van der Waals surface area contributed by atoms with Crippen LogP contribution in [0, 0.1) is 0 Å². The normalized spacial score (nSPS) is 16.7. The van der Waals surface area contributed by atoms with Crippen molar-refractivity contribution in [2.45, 2.75) is 40.8 Å². The number of hydrogen-bond acceptors (Lipinski definition) is 2. The van der Waals surface area contributed by atoms with Crippen molar-refractivity contribution in [1.82, 2.24) is 4.90 Å². The van der Waals surface area contributed by atoms with E-state index in [1.165, 1.54) is 5.82 Å². The molecular formula is C15H28N3+. The van der Waals surface area contributed by atoms with Gasteiger partial charge in [0.2, 0.25) is 0 Å². The number of hydrogen-bond donors (Lipinski definition) is 0. The predicted octanol–water partition coefficient (Wildman–Crippen LogP) is 3.13. The minimum atomic E-state index is 0.392. The Bertz CT molecular complexity index is 361. The minimum absolute atomic E-state index is 0.392.